The van der Waals surface area contributed by atoms with Crippen LogP contribution in [0.4, 0.5) is 0 Å². The zero-order valence-electron chi connectivity index (χ0n) is 10.2. The van der Waals surface area contributed by atoms with E-state index in [1.54, 1.807) is 6.92 Å². The molecule has 1 saturated heterocycles. The van der Waals surface area contributed by atoms with E-state index in [0.717, 1.165) is 0 Å². The van der Waals surface area contributed by atoms with Crippen LogP contribution in [0, 0.1) is 0 Å². The van der Waals surface area contributed by atoms with Gasteiger partial charge in [0.25, 0.3) is 10.0 Å². The summed E-state index contributed by atoms with van der Waals surface area (Å²) in [6, 6.07) is 0. The molecule has 18 heavy (non-hydrogen) atoms. The van der Waals surface area contributed by atoms with Crippen molar-refractivity contribution in [3.63, 3.8) is 0 Å². The van der Waals surface area contributed by atoms with Gasteiger partial charge in [0.2, 0.25) is 0 Å². The van der Waals surface area contributed by atoms with Gasteiger partial charge in [0.1, 0.15) is 0 Å². The predicted octanol–water partition coefficient (Wildman–Crippen LogP) is -0.232. The first-order valence-electron chi connectivity index (χ1n) is 5.57. The molecule has 1 aliphatic heterocycles. The van der Waals surface area contributed by atoms with Gasteiger partial charge in [0, 0.05) is 0 Å². The molecule has 0 N–H and O–H groups in total. The van der Waals surface area contributed by atoms with Gasteiger partial charge < -0.3 is 9.47 Å². The maximum atomic E-state index is 12.0. The number of nitrogens with zero attached hydrogens (tertiary/aromatic N) is 1. The van der Waals surface area contributed by atoms with Crippen molar-refractivity contribution in [3.05, 3.63) is 0 Å². The third kappa shape index (κ3) is 5.32. The molecule has 0 aliphatic carbocycles. The summed E-state index contributed by atoms with van der Waals surface area (Å²) in [6.07, 6.45) is -0.272. The highest BCUT2D eigenvalue weighted by Gasteiger charge is 2.20. The van der Waals surface area contributed by atoms with Crippen LogP contribution >= 0.6 is 0 Å². The van der Waals surface area contributed by atoms with Gasteiger partial charge in [-0.25, -0.2) is 12.6 Å². The van der Waals surface area contributed by atoms with Crippen LogP contribution in [-0.4, -0.2) is 55.7 Å². The molecule has 0 unspecified atom stereocenters. The summed E-state index contributed by atoms with van der Waals surface area (Å²) in [4.78, 5) is 11.0. The minimum atomic E-state index is -3.86. The van der Waals surface area contributed by atoms with E-state index in [-0.39, 0.29) is 37.7 Å². The number of carbonyl (C=O) groups excluding carboxylic acids is 1. The Kier molecular flexibility index (Phi) is 5.54. The van der Waals surface area contributed by atoms with Crippen LogP contribution in [0.3, 0.4) is 0 Å². The molecule has 1 heterocycles. The Balaban J connectivity index is 2.67. The van der Waals surface area contributed by atoms with Crippen LogP contribution in [0.1, 0.15) is 13.3 Å². The van der Waals surface area contributed by atoms with Gasteiger partial charge in [0.15, 0.2) is 0 Å². The molecule has 1 fully saturated rings. The summed E-state index contributed by atoms with van der Waals surface area (Å²) in [5.74, 6) is -0.834. The Hall–Kier alpha value is -0.670. The highest BCUT2D eigenvalue weighted by Crippen LogP contribution is 2.09. The van der Waals surface area contributed by atoms with Gasteiger partial charge in [-0.1, -0.05) is 0 Å². The Morgan fingerprint density at radius 3 is 2.56 bits per heavy atom. The van der Waals surface area contributed by atoms with E-state index >= 15 is 0 Å². The molecule has 0 atom stereocenters. The van der Waals surface area contributed by atoms with Gasteiger partial charge in [-0.05, 0) is 6.92 Å². The Morgan fingerprint density at radius 2 is 2.00 bits per heavy atom. The summed E-state index contributed by atoms with van der Waals surface area (Å²) in [7, 11) is -6.61. The molecule has 7 nitrogen and oxygen atoms in total. The Labute approximate surface area is 107 Å². The molecular formula is C9H17NO6S2. The van der Waals surface area contributed by atoms with Crippen LogP contribution in [0.2, 0.25) is 0 Å². The van der Waals surface area contributed by atoms with E-state index in [1.165, 1.54) is 0 Å². The maximum absolute atomic E-state index is 12.0. The number of carbonyl (C=O) groups is 1. The van der Waals surface area contributed by atoms with E-state index in [1.807, 2.05) is 0 Å². The van der Waals surface area contributed by atoms with Crippen molar-refractivity contribution in [3.8, 4) is 0 Å². The van der Waals surface area contributed by atoms with E-state index in [2.05, 4.69) is 8.50 Å². The zero-order chi connectivity index (χ0) is 13.6. The molecule has 0 aromatic rings. The highest BCUT2D eigenvalue weighted by molar-refractivity contribution is 8.03. The first-order valence-corrected chi connectivity index (χ1v) is 9.03. The molecule has 1 aliphatic rings. The number of rotatable bonds is 5. The number of hydrogen-bond donors (Lipinski definition) is 0. The average Bonchev–Trinajstić information content (AvgIpc) is 2.26. The van der Waals surface area contributed by atoms with Crippen LogP contribution < -0.4 is 0 Å². The molecule has 1 rings (SSSR count). The van der Waals surface area contributed by atoms with E-state index < -0.39 is 31.5 Å². The van der Waals surface area contributed by atoms with Crippen molar-refractivity contribution in [1.29, 1.82) is 0 Å². The third-order valence-electron chi connectivity index (χ3n) is 2.21. The van der Waals surface area contributed by atoms with Crippen molar-refractivity contribution >= 4 is 25.7 Å². The fourth-order valence-electron chi connectivity index (χ4n) is 1.35. The molecular weight excluding hydrogens is 282 g/mol. The van der Waals surface area contributed by atoms with Crippen LogP contribution in [0.5, 0.6) is 0 Å². The molecule has 0 bridgehead atoms. The molecule has 0 saturated carbocycles. The molecule has 0 aromatic carbocycles. The van der Waals surface area contributed by atoms with Gasteiger partial charge in [0.05, 0.1) is 53.2 Å². The number of esters is 1. The van der Waals surface area contributed by atoms with E-state index in [0.29, 0.717) is 0 Å². The molecule has 0 amide bonds. The quantitative estimate of drug-likeness (QED) is 0.650. The first-order chi connectivity index (χ1) is 8.37. The predicted molar refractivity (Wildman–Crippen MR) is 66.2 cm³/mol. The van der Waals surface area contributed by atoms with Gasteiger partial charge in [-0.15, -0.1) is 3.77 Å². The fraction of sp³-hybridized carbons (Fsp3) is 0.889. The van der Waals surface area contributed by atoms with E-state index in [4.69, 9.17) is 4.74 Å². The Morgan fingerprint density at radius 1 is 1.39 bits per heavy atom. The lowest BCUT2D eigenvalue weighted by molar-refractivity contribution is -0.142. The third-order valence-corrected chi connectivity index (χ3v) is 6.54. The summed E-state index contributed by atoms with van der Waals surface area (Å²) in [5, 5.41) is 0. The topological polar surface area (TPSA) is 99.1 Å². The monoisotopic (exact) mass is 299 g/mol. The van der Waals surface area contributed by atoms with Crippen molar-refractivity contribution < 1.29 is 26.9 Å². The van der Waals surface area contributed by atoms with Gasteiger partial charge >= 0.3 is 5.97 Å². The van der Waals surface area contributed by atoms with Crippen LogP contribution in [0.25, 0.3) is 0 Å². The zero-order valence-corrected chi connectivity index (χ0v) is 11.8. The SMILES string of the molecule is CCOC(=O)CCS(=O)(=O)N=S1(=O)CCOCC1. The summed E-state index contributed by atoms with van der Waals surface area (Å²) in [6.45, 7) is 2.32. The normalized spacial score (nSPS) is 19.2. The van der Waals surface area contributed by atoms with Crippen molar-refractivity contribution in [1.82, 2.24) is 0 Å². The lowest BCUT2D eigenvalue weighted by Gasteiger charge is -2.15. The second-order valence-corrected chi connectivity index (χ2v) is 8.24. The molecule has 9 heteroatoms. The first kappa shape index (κ1) is 15.4. The minimum absolute atomic E-state index is 0.117. The van der Waals surface area contributed by atoms with Crippen molar-refractivity contribution in [2.75, 3.05) is 37.1 Å². The average molecular weight is 299 g/mol. The smallest absolute Gasteiger partial charge is 0.306 e. The van der Waals surface area contributed by atoms with E-state index in [9.17, 15) is 17.4 Å². The lowest BCUT2D eigenvalue weighted by Crippen LogP contribution is -2.27. The van der Waals surface area contributed by atoms with Crippen LogP contribution in [0.15, 0.2) is 3.77 Å². The van der Waals surface area contributed by atoms with Crippen LogP contribution in [-0.2, 0) is 34.0 Å². The summed E-state index contributed by atoms with van der Waals surface area (Å²) in [5.41, 5.74) is 0. The molecule has 0 spiro atoms. The molecule has 106 valence electrons. The lowest BCUT2D eigenvalue weighted by atomic mass is 10.5. The van der Waals surface area contributed by atoms with Gasteiger partial charge in [-0.2, -0.15) is 0 Å². The number of hydrogen-bond acceptors (Lipinski definition) is 6. The molecule has 0 radical (unpaired) electrons. The number of ether oxygens (including phenoxy) is 2. The number of sulfonamides is 1. The standard InChI is InChI=1S/C9H17NO6S2/c1-2-16-9(11)3-6-18(13,14)10-17(12)7-4-15-5-8-17/h2-8H2,1H3. The second kappa shape index (κ2) is 6.48. The van der Waals surface area contributed by atoms with Crippen molar-refractivity contribution in [2.24, 2.45) is 3.77 Å². The maximum Gasteiger partial charge on any atom is 0.306 e. The minimum Gasteiger partial charge on any atom is -0.466 e. The summed E-state index contributed by atoms with van der Waals surface area (Å²) < 4.78 is 48.3. The van der Waals surface area contributed by atoms with Crippen molar-refractivity contribution in [2.45, 2.75) is 13.3 Å². The molecule has 0 aromatic heterocycles. The second-order valence-electron chi connectivity index (χ2n) is 3.71. The highest BCUT2D eigenvalue weighted by atomic mass is 32.3. The fourth-order valence-corrected chi connectivity index (χ4v) is 5.28. The largest absolute Gasteiger partial charge is 0.466 e. The summed E-state index contributed by atoms with van der Waals surface area (Å²) >= 11 is 0. The Bertz CT molecular complexity index is 491. The van der Waals surface area contributed by atoms with Gasteiger partial charge in [-0.3, -0.25) is 4.79 Å².